The predicted octanol–water partition coefficient (Wildman–Crippen LogP) is 4.57. The third kappa shape index (κ3) is 3.81. The van der Waals surface area contributed by atoms with Gasteiger partial charge in [0, 0.05) is 16.3 Å². The molecule has 134 valence electrons. The van der Waals surface area contributed by atoms with Crippen molar-refractivity contribution in [3.05, 3.63) is 53.8 Å². The van der Waals surface area contributed by atoms with Crippen molar-refractivity contribution in [1.82, 2.24) is 9.97 Å². The van der Waals surface area contributed by atoms with E-state index in [1.165, 1.54) is 0 Å². The molecule has 2 aromatic carbocycles. The quantitative estimate of drug-likeness (QED) is 0.684. The second-order valence-electron chi connectivity index (χ2n) is 5.34. The Balaban J connectivity index is 1.96. The number of benzene rings is 2. The van der Waals surface area contributed by atoms with E-state index in [1.807, 2.05) is 24.3 Å². The Morgan fingerprint density at radius 1 is 0.885 bits per heavy atom. The molecule has 3 aromatic rings. The van der Waals surface area contributed by atoms with Crippen LogP contribution in [0.2, 0.25) is 5.02 Å². The fourth-order valence-electron chi connectivity index (χ4n) is 2.48. The minimum Gasteiger partial charge on any atom is -0.493 e. The van der Waals surface area contributed by atoms with Crippen LogP contribution in [0.1, 0.15) is 0 Å². The number of rotatable bonds is 6. The average Bonchev–Trinajstić information content (AvgIpc) is 2.68. The van der Waals surface area contributed by atoms with Crippen LogP contribution in [0.3, 0.4) is 0 Å². The normalized spacial score (nSPS) is 10.3. The maximum Gasteiger partial charge on any atom is 0.203 e. The smallest absolute Gasteiger partial charge is 0.203 e. The van der Waals surface area contributed by atoms with Crippen molar-refractivity contribution in [3.8, 4) is 28.5 Å². The van der Waals surface area contributed by atoms with Crippen LogP contribution in [0.25, 0.3) is 11.3 Å². The minimum absolute atomic E-state index is 0.530. The minimum atomic E-state index is 0.530. The van der Waals surface area contributed by atoms with E-state index in [4.69, 9.17) is 25.8 Å². The van der Waals surface area contributed by atoms with Gasteiger partial charge in [0.25, 0.3) is 0 Å². The number of aromatic nitrogens is 2. The first kappa shape index (κ1) is 17.8. The van der Waals surface area contributed by atoms with Gasteiger partial charge in [0.05, 0.1) is 39.4 Å². The maximum atomic E-state index is 5.91. The highest BCUT2D eigenvalue weighted by molar-refractivity contribution is 6.30. The Morgan fingerprint density at radius 3 is 2.12 bits per heavy atom. The van der Waals surface area contributed by atoms with Gasteiger partial charge >= 0.3 is 0 Å². The number of nitrogens with zero attached hydrogens (tertiary/aromatic N) is 2. The third-order valence-corrected chi connectivity index (χ3v) is 3.96. The van der Waals surface area contributed by atoms with Crippen molar-refractivity contribution >= 4 is 23.1 Å². The van der Waals surface area contributed by atoms with E-state index >= 15 is 0 Å². The standard InChI is InChI=1S/C19H18ClN3O3/c1-24-16-8-12(9-17(25-2)19(16)26-3)15-10-21-11-18(23-15)22-14-6-4-13(20)5-7-14/h4-11H,1-3H3,(H,22,23). The van der Waals surface area contributed by atoms with Gasteiger partial charge in [0.2, 0.25) is 5.75 Å². The van der Waals surface area contributed by atoms with Gasteiger partial charge in [-0.2, -0.15) is 0 Å². The van der Waals surface area contributed by atoms with Gasteiger partial charge in [-0.15, -0.1) is 0 Å². The first-order chi connectivity index (χ1) is 12.6. The summed E-state index contributed by atoms with van der Waals surface area (Å²) in [5.41, 5.74) is 2.33. The Labute approximate surface area is 156 Å². The molecule has 0 saturated heterocycles. The van der Waals surface area contributed by atoms with Crippen molar-refractivity contribution in [2.24, 2.45) is 0 Å². The van der Waals surface area contributed by atoms with Crippen LogP contribution in [-0.4, -0.2) is 31.3 Å². The molecule has 0 radical (unpaired) electrons. The number of nitrogens with one attached hydrogen (secondary N) is 1. The van der Waals surface area contributed by atoms with Crippen molar-refractivity contribution in [2.45, 2.75) is 0 Å². The third-order valence-electron chi connectivity index (χ3n) is 3.71. The molecule has 7 heteroatoms. The summed E-state index contributed by atoms with van der Waals surface area (Å²) in [6, 6.07) is 11.0. The Kier molecular flexibility index (Phi) is 5.43. The van der Waals surface area contributed by atoms with Gasteiger partial charge in [0.15, 0.2) is 11.5 Å². The van der Waals surface area contributed by atoms with Gasteiger partial charge in [-0.05, 0) is 36.4 Å². The topological polar surface area (TPSA) is 65.5 Å². The monoisotopic (exact) mass is 371 g/mol. The molecule has 0 fully saturated rings. The highest BCUT2D eigenvalue weighted by atomic mass is 35.5. The lowest BCUT2D eigenvalue weighted by molar-refractivity contribution is 0.324. The molecule has 6 nitrogen and oxygen atoms in total. The number of methoxy groups -OCH3 is 3. The van der Waals surface area contributed by atoms with E-state index in [-0.39, 0.29) is 0 Å². The summed E-state index contributed by atoms with van der Waals surface area (Å²) in [6.45, 7) is 0. The number of halogens is 1. The molecule has 26 heavy (non-hydrogen) atoms. The summed E-state index contributed by atoms with van der Waals surface area (Å²) in [6.07, 6.45) is 3.32. The molecule has 1 aromatic heterocycles. The molecule has 3 rings (SSSR count). The van der Waals surface area contributed by atoms with E-state index in [1.54, 1.807) is 45.9 Å². The molecule has 0 aliphatic heterocycles. The highest BCUT2D eigenvalue weighted by Crippen LogP contribution is 2.40. The maximum absolute atomic E-state index is 5.91. The fraction of sp³-hybridized carbons (Fsp3) is 0.158. The highest BCUT2D eigenvalue weighted by Gasteiger charge is 2.15. The molecular formula is C19H18ClN3O3. The molecule has 0 spiro atoms. The lowest BCUT2D eigenvalue weighted by Crippen LogP contribution is -1.98. The first-order valence-electron chi connectivity index (χ1n) is 7.79. The van der Waals surface area contributed by atoms with Crippen LogP contribution < -0.4 is 19.5 Å². The van der Waals surface area contributed by atoms with E-state index < -0.39 is 0 Å². The van der Waals surface area contributed by atoms with Crippen LogP contribution in [-0.2, 0) is 0 Å². The van der Waals surface area contributed by atoms with Crippen molar-refractivity contribution < 1.29 is 14.2 Å². The van der Waals surface area contributed by atoms with E-state index in [2.05, 4.69) is 15.3 Å². The van der Waals surface area contributed by atoms with Gasteiger partial charge in [-0.3, -0.25) is 4.98 Å². The zero-order chi connectivity index (χ0) is 18.5. The lowest BCUT2D eigenvalue weighted by atomic mass is 10.1. The Hall–Kier alpha value is -2.99. The fourth-order valence-corrected chi connectivity index (χ4v) is 2.60. The molecule has 0 aliphatic carbocycles. The van der Waals surface area contributed by atoms with Gasteiger partial charge in [0.1, 0.15) is 5.82 Å². The lowest BCUT2D eigenvalue weighted by Gasteiger charge is -2.14. The molecule has 0 atom stereocenters. The molecule has 1 heterocycles. The molecule has 0 unspecified atom stereocenters. The van der Waals surface area contributed by atoms with E-state index in [0.29, 0.717) is 33.8 Å². The molecule has 0 saturated carbocycles. The second-order valence-corrected chi connectivity index (χ2v) is 5.77. The SMILES string of the molecule is COc1cc(-c2cncc(Nc3ccc(Cl)cc3)n2)cc(OC)c1OC. The van der Waals surface area contributed by atoms with Crippen LogP contribution in [0.15, 0.2) is 48.8 Å². The van der Waals surface area contributed by atoms with Crippen LogP contribution >= 0.6 is 11.6 Å². The number of hydrogen-bond acceptors (Lipinski definition) is 6. The second kappa shape index (κ2) is 7.93. The van der Waals surface area contributed by atoms with Crippen molar-refractivity contribution in [3.63, 3.8) is 0 Å². The van der Waals surface area contributed by atoms with Crippen LogP contribution in [0.5, 0.6) is 17.2 Å². The number of anilines is 2. The average molecular weight is 372 g/mol. The molecule has 0 aliphatic rings. The first-order valence-corrected chi connectivity index (χ1v) is 8.17. The van der Waals surface area contributed by atoms with E-state index in [0.717, 1.165) is 11.3 Å². The predicted molar refractivity (Wildman–Crippen MR) is 102 cm³/mol. The largest absolute Gasteiger partial charge is 0.493 e. The van der Waals surface area contributed by atoms with Crippen molar-refractivity contribution in [1.29, 1.82) is 0 Å². The number of ether oxygens (including phenoxy) is 3. The summed E-state index contributed by atoms with van der Waals surface area (Å²) < 4.78 is 16.1. The summed E-state index contributed by atoms with van der Waals surface area (Å²) in [4.78, 5) is 8.87. The molecular weight excluding hydrogens is 354 g/mol. The Bertz CT molecular complexity index is 876. The molecule has 0 amide bonds. The number of hydrogen-bond donors (Lipinski definition) is 1. The van der Waals surface area contributed by atoms with E-state index in [9.17, 15) is 0 Å². The summed E-state index contributed by atoms with van der Waals surface area (Å²) in [5, 5.41) is 3.88. The van der Waals surface area contributed by atoms with Gasteiger partial charge < -0.3 is 19.5 Å². The molecule has 1 N–H and O–H groups in total. The zero-order valence-electron chi connectivity index (χ0n) is 14.6. The summed E-state index contributed by atoms with van der Waals surface area (Å²) >= 11 is 5.91. The summed E-state index contributed by atoms with van der Waals surface area (Å²) in [5.74, 6) is 2.25. The zero-order valence-corrected chi connectivity index (χ0v) is 15.4. The van der Waals surface area contributed by atoms with Gasteiger partial charge in [-0.1, -0.05) is 11.6 Å². The van der Waals surface area contributed by atoms with Crippen LogP contribution in [0, 0.1) is 0 Å². The van der Waals surface area contributed by atoms with Crippen molar-refractivity contribution in [2.75, 3.05) is 26.6 Å². The molecule has 0 bridgehead atoms. The van der Waals surface area contributed by atoms with Gasteiger partial charge in [-0.25, -0.2) is 4.98 Å². The van der Waals surface area contributed by atoms with Crippen LogP contribution in [0.4, 0.5) is 11.5 Å². The summed E-state index contributed by atoms with van der Waals surface area (Å²) in [7, 11) is 4.72. The Morgan fingerprint density at radius 2 is 1.54 bits per heavy atom.